The second-order valence-corrected chi connectivity index (χ2v) is 11.0. The number of likely N-dealkylation sites (tertiary alicyclic amines) is 2. The fraction of sp³-hybridized carbons (Fsp3) is 0.682. The second-order valence-electron chi connectivity index (χ2n) is 10.1. The number of amides is 1. The van der Waals surface area contributed by atoms with Crippen LogP contribution in [-0.2, 0) is 4.74 Å². The Hall–Kier alpha value is -2.07. The average molecular weight is 507 g/mol. The minimum atomic E-state index is -0.489. The summed E-state index contributed by atoms with van der Waals surface area (Å²) < 4.78 is 14.5. The number of hydrogen-bond acceptors (Lipinski definition) is 7. The van der Waals surface area contributed by atoms with Crippen LogP contribution < -0.4 is 9.64 Å². The number of halogens is 1. The molecule has 3 saturated heterocycles. The summed E-state index contributed by atoms with van der Waals surface area (Å²) in [6, 6.07) is 2.76. The zero-order valence-corrected chi connectivity index (χ0v) is 20.7. The van der Waals surface area contributed by atoms with Gasteiger partial charge in [0.2, 0.25) is 5.88 Å². The quantitative estimate of drug-likeness (QED) is 0.630. The van der Waals surface area contributed by atoms with E-state index in [9.17, 15) is 4.79 Å². The van der Waals surface area contributed by atoms with Gasteiger partial charge in [0.15, 0.2) is 5.65 Å². The van der Waals surface area contributed by atoms with Crippen LogP contribution >= 0.6 is 15.9 Å². The summed E-state index contributed by atoms with van der Waals surface area (Å²) in [5, 5.41) is 4.54. The van der Waals surface area contributed by atoms with E-state index in [1.807, 2.05) is 36.3 Å². The lowest BCUT2D eigenvalue weighted by molar-refractivity contribution is 0.0214. The first kappa shape index (κ1) is 21.8. The molecule has 9 nitrogen and oxygen atoms in total. The van der Waals surface area contributed by atoms with Crippen molar-refractivity contribution in [1.82, 2.24) is 24.4 Å². The van der Waals surface area contributed by atoms with Crippen LogP contribution in [0.25, 0.3) is 5.65 Å². The molecule has 5 heterocycles. The minimum Gasteiger partial charge on any atom is -0.476 e. The highest BCUT2D eigenvalue weighted by molar-refractivity contribution is 9.10. The second kappa shape index (κ2) is 8.06. The Bertz CT molecular complexity index is 1020. The topological polar surface area (TPSA) is 75.4 Å². The molecular formula is C22H31BrN6O3. The van der Waals surface area contributed by atoms with E-state index in [4.69, 9.17) is 14.5 Å². The van der Waals surface area contributed by atoms with E-state index in [0.29, 0.717) is 25.1 Å². The maximum Gasteiger partial charge on any atom is 0.410 e. The molecule has 0 N–H and O–H groups in total. The van der Waals surface area contributed by atoms with Gasteiger partial charge in [-0.25, -0.2) is 4.79 Å². The van der Waals surface area contributed by atoms with Gasteiger partial charge in [-0.15, -0.1) is 0 Å². The Kier molecular flexibility index (Phi) is 5.48. The number of rotatable bonds is 4. The summed E-state index contributed by atoms with van der Waals surface area (Å²) in [7, 11) is 2.15. The van der Waals surface area contributed by atoms with Crippen LogP contribution in [0.15, 0.2) is 16.7 Å². The zero-order valence-electron chi connectivity index (χ0n) is 19.1. The van der Waals surface area contributed by atoms with Gasteiger partial charge in [0.25, 0.3) is 0 Å². The summed E-state index contributed by atoms with van der Waals surface area (Å²) in [6.07, 6.45) is 4.83. The van der Waals surface area contributed by atoms with Crippen molar-refractivity contribution in [2.24, 2.45) is 0 Å². The standard InChI is InChI=1S/C22H31BrN6O3/c1-22(2,3)32-21(30)28-12-15-8-16(28)11-27(15)19-9-18(25-20-17(23)10-24-29(19)20)31-13-14-6-5-7-26(14)4/h9-10,14-16H,5-8,11-13H2,1-4H3. The molecule has 3 aliphatic rings. The number of carbonyl (C=O) groups is 1. The predicted molar refractivity (Wildman–Crippen MR) is 124 cm³/mol. The monoisotopic (exact) mass is 506 g/mol. The summed E-state index contributed by atoms with van der Waals surface area (Å²) >= 11 is 3.57. The molecule has 3 unspecified atom stereocenters. The normalized spacial score (nSPS) is 25.8. The van der Waals surface area contributed by atoms with Crippen molar-refractivity contribution in [3.8, 4) is 5.88 Å². The largest absolute Gasteiger partial charge is 0.476 e. The number of likely N-dealkylation sites (N-methyl/N-ethyl adjacent to an activating group) is 1. The highest BCUT2D eigenvalue weighted by atomic mass is 79.9. The van der Waals surface area contributed by atoms with Crippen LogP contribution in [-0.4, -0.2) is 87.5 Å². The van der Waals surface area contributed by atoms with Crippen molar-refractivity contribution in [2.45, 2.75) is 63.8 Å². The average Bonchev–Trinajstić information content (AvgIpc) is 3.49. The summed E-state index contributed by atoms with van der Waals surface area (Å²) in [6.45, 7) is 8.84. The van der Waals surface area contributed by atoms with Gasteiger partial charge in [0, 0.05) is 25.2 Å². The molecule has 0 saturated carbocycles. The van der Waals surface area contributed by atoms with Crippen LogP contribution in [0.4, 0.5) is 10.6 Å². The zero-order chi connectivity index (χ0) is 22.6. The lowest BCUT2D eigenvalue weighted by Crippen LogP contribution is -2.50. The molecule has 0 radical (unpaired) electrons. The number of hydrogen-bond donors (Lipinski definition) is 0. The van der Waals surface area contributed by atoms with Crippen LogP contribution in [0.3, 0.4) is 0 Å². The van der Waals surface area contributed by atoms with E-state index >= 15 is 0 Å². The first-order valence-electron chi connectivity index (χ1n) is 11.3. The number of carbonyl (C=O) groups excluding carboxylic acids is 1. The fourth-order valence-corrected chi connectivity index (χ4v) is 5.39. The molecule has 10 heteroatoms. The van der Waals surface area contributed by atoms with Gasteiger partial charge in [-0.2, -0.15) is 14.6 Å². The molecule has 174 valence electrons. The lowest BCUT2D eigenvalue weighted by atomic mass is 10.2. The third-order valence-electron chi connectivity index (χ3n) is 6.64. The van der Waals surface area contributed by atoms with E-state index in [1.54, 1.807) is 6.20 Å². The number of piperazine rings is 1. The van der Waals surface area contributed by atoms with E-state index in [1.165, 1.54) is 6.42 Å². The highest BCUT2D eigenvalue weighted by Gasteiger charge is 2.47. The third-order valence-corrected chi connectivity index (χ3v) is 7.20. The van der Waals surface area contributed by atoms with Crippen molar-refractivity contribution in [2.75, 3.05) is 38.2 Å². The van der Waals surface area contributed by atoms with Crippen molar-refractivity contribution in [3.05, 3.63) is 16.7 Å². The first-order chi connectivity index (χ1) is 15.2. The molecule has 3 atom stereocenters. The molecule has 0 aliphatic carbocycles. The number of fused-ring (bicyclic) bond motifs is 3. The van der Waals surface area contributed by atoms with Crippen molar-refractivity contribution >= 4 is 33.5 Å². The van der Waals surface area contributed by atoms with E-state index in [0.717, 1.165) is 41.9 Å². The molecule has 1 amide bonds. The molecule has 2 aromatic rings. The summed E-state index contributed by atoms with van der Waals surface area (Å²) in [5.41, 5.74) is 0.251. The predicted octanol–water partition coefficient (Wildman–Crippen LogP) is 3.16. The molecular weight excluding hydrogens is 476 g/mol. The molecule has 2 aromatic heterocycles. The van der Waals surface area contributed by atoms with Crippen molar-refractivity contribution < 1.29 is 14.3 Å². The Labute approximate surface area is 196 Å². The Balaban J connectivity index is 1.36. The van der Waals surface area contributed by atoms with Crippen LogP contribution in [0.5, 0.6) is 5.88 Å². The molecule has 5 rings (SSSR count). The summed E-state index contributed by atoms with van der Waals surface area (Å²) in [5.74, 6) is 1.56. The fourth-order valence-electron chi connectivity index (χ4n) is 5.04. The maximum absolute atomic E-state index is 12.6. The molecule has 2 bridgehead atoms. The van der Waals surface area contributed by atoms with Gasteiger partial charge in [0.1, 0.15) is 18.0 Å². The smallest absolute Gasteiger partial charge is 0.410 e. The van der Waals surface area contributed by atoms with E-state index in [-0.39, 0.29) is 18.2 Å². The molecule has 3 aliphatic heterocycles. The number of aromatic nitrogens is 3. The number of nitrogens with zero attached hydrogens (tertiary/aromatic N) is 6. The Morgan fingerprint density at radius 2 is 2.09 bits per heavy atom. The van der Waals surface area contributed by atoms with Gasteiger partial charge in [-0.3, -0.25) is 0 Å². The third kappa shape index (κ3) is 4.03. The number of anilines is 1. The van der Waals surface area contributed by atoms with Gasteiger partial charge in [0.05, 0.1) is 22.8 Å². The molecule has 3 fully saturated rings. The van der Waals surface area contributed by atoms with Gasteiger partial charge in [-0.05, 0) is 69.6 Å². The van der Waals surface area contributed by atoms with E-state index in [2.05, 4.69) is 37.9 Å². The minimum absolute atomic E-state index is 0.133. The Morgan fingerprint density at radius 1 is 1.28 bits per heavy atom. The van der Waals surface area contributed by atoms with Crippen LogP contribution in [0.1, 0.15) is 40.0 Å². The first-order valence-corrected chi connectivity index (χ1v) is 12.1. The Morgan fingerprint density at radius 3 is 2.75 bits per heavy atom. The highest BCUT2D eigenvalue weighted by Crippen LogP contribution is 2.37. The molecule has 0 spiro atoms. The van der Waals surface area contributed by atoms with Crippen LogP contribution in [0.2, 0.25) is 0 Å². The van der Waals surface area contributed by atoms with Crippen molar-refractivity contribution in [3.63, 3.8) is 0 Å². The molecule has 32 heavy (non-hydrogen) atoms. The van der Waals surface area contributed by atoms with Gasteiger partial charge < -0.3 is 24.2 Å². The van der Waals surface area contributed by atoms with Gasteiger partial charge >= 0.3 is 6.09 Å². The lowest BCUT2D eigenvalue weighted by Gasteiger charge is -2.36. The summed E-state index contributed by atoms with van der Waals surface area (Å²) in [4.78, 5) is 23.9. The van der Waals surface area contributed by atoms with Crippen molar-refractivity contribution in [1.29, 1.82) is 0 Å². The maximum atomic E-state index is 12.6. The van der Waals surface area contributed by atoms with Gasteiger partial charge in [-0.1, -0.05) is 0 Å². The molecule has 0 aromatic carbocycles. The van der Waals surface area contributed by atoms with E-state index < -0.39 is 5.60 Å². The SMILES string of the molecule is CN1CCCC1COc1cc(N2CC3CC2CN3C(=O)OC(C)(C)C)n2ncc(Br)c2n1. The van der Waals surface area contributed by atoms with Crippen LogP contribution in [0, 0.1) is 0 Å². The number of ether oxygens (including phenoxy) is 2.